The second-order valence-corrected chi connectivity index (χ2v) is 5.06. The number of pyridine rings is 1. The molecule has 0 aliphatic carbocycles. The third kappa shape index (κ3) is 2.15. The zero-order valence-corrected chi connectivity index (χ0v) is 11.1. The molecule has 0 bridgehead atoms. The molecule has 0 radical (unpaired) electrons. The van der Waals surface area contributed by atoms with Gasteiger partial charge in [-0.2, -0.15) is 0 Å². The van der Waals surface area contributed by atoms with Crippen molar-refractivity contribution in [3.05, 3.63) is 32.7 Å². The monoisotopic (exact) mass is 316 g/mol. The van der Waals surface area contributed by atoms with Crippen molar-refractivity contribution in [3.8, 4) is 0 Å². The lowest BCUT2D eigenvalue weighted by Crippen LogP contribution is -2.39. The molecule has 0 spiro atoms. The van der Waals surface area contributed by atoms with Gasteiger partial charge in [0, 0.05) is 18.0 Å². The highest BCUT2D eigenvalue weighted by molar-refractivity contribution is 9.10. The van der Waals surface area contributed by atoms with Crippen molar-refractivity contribution in [1.29, 1.82) is 0 Å². The molecule has 2 rings (SSSR count). The van der Waals surface area contributed by atoms with Gasteiger partial charge in [-0.25, -0.2) is 4.79 Å². The molecule has 98 valence electrons. The first-order chi connectivity index (χ1) is 8.56. The number of amides is 1. The zero-order chi connectivity index (χ0) is 13.3. The fourth-order valence-corrected chi connectivity index (χ4v) is 2.74. The minimum Gasteiger partial charge on any atom is -0.465 e. The zero-order valence-electron chi connectivity index (χ0n) is 9.47. The molecule has 1 amide bonds. The predicted octanol–water partition coefficient (Wildman–Crippen LogP) is 1.31. The molecule has 1 fully saturated rings. The Morgan fingerprint density at radius 1 is 1.50 bits per heavy atom. The molecule has 0 saturated carbocycles. The number of carbonyl (C=O) groups is 1. The van der Waals surface area contributed by atoms with Crippen LogP contribution in [-0.4, -0.2) is 38.8 Å². The summed E-state index contributed by atoms with van der Waals surface area (Å²) in [5.74, 6) is 0. The highest BCUT2D eigenvalue weighted by Gasteiger charge is 2.38. The van der Waals surface area contributed by atoms with Crippen LogP contribution in [0.3, 0.4) is 0 Å². The van der Waals surface area contributed by atoms with Crippen molar-refractivity contribution in [2.75, 3.05) is 6.61 Å². The van der Waals surface area contributed by atoms with Crippen molar-refractivity contribution in [3.63, 3.8) is 0 Å². The fraction of sp³-hybridized carbons (Fsp3) is 0.455. The summed E-state index contributed by atoms with van der Waals surface area (Å²) in [6.07, 6.45) is 3.01. The molecule has 2 heterocycles. The van der Waals surface area contributed by atoms with Gasteiger partial charge < -0.3 is 15.2 Å². The van der Waals surface area contributed by atoms with Crippen LogP contribution in [0.1, 0.15) is 24.4 Å². The number of likely N-dealkylation sites (tertiary alicyclic amines) is 1. The number of nitrogens with zero attached hydrogens (tertiary/aromatic N) is 1. The average molecular weight is 317 g/mol. The number of halogens is 1. The summed E-state index contributed by atoms with van der Waals surface area (Å²) in [4.78, 5) is 27.2. The van der Waals surface area contributed by atoms with Crippen molar-refractivity contribution in [2.45, 2.75) is 24.9 Å². The van der Waals surface area contributed by atoms with E-state index < -0.39 is 18.2 Å². The van der Waals surface area contributed by atoms with Crippen LogP contribution >= 0.6 is 15.9 Å². The molecule has 1 saturated heterocycles. The summed E-state index contributed by atoms with van der Waals surface area (Å²) in [7, 11) is 0. The third-order valence-electron chi connectivity index (χ3n) is 3.22. The summed E-state index contributed by atoms with van der Waals surface area (Å²) >= 11 is 3.12. The molecule has 1 aliphatic heterocycles. The molecule has 18 heavy (non-hydrogen) atoms. The lowest BCUT2D eigenvalue weighted by Gasteiger charge is -2.26. The largest absolute Gasteiger partial charge is 0.465 e. The van der Waals surface area contributed by atoms with Crippen LogP contribution in [0.15, 0.2) is 21.7 Å². The standard InChI is InChI=1S/C11H13BrN2O4/c12-8-4-13-3-7(10(8)16)9-2-1-6(5-15)14(9)11(17)18/h3-4,6,9,15H,1-2,5H2,(H,13,16)(H,17,18)/t6-,9+/m1/s1. The maximum atomic E-state index is 12.0. The van der Waals surface area contributed by atoms with E-state index in [0.29, 0.717) is 22.9 Å². The summed E-state index contributed by atoms with van der Waals surface area (Å²) < 4.78 is 0.373. The van der Waals surface area contributed by atoms with Gasteiger partial charge in [0.25, 0.3) is 0 Å². The van der Waals surface area contributed by atoms with E-state index in [1.807, 2.05) is 0 Å². The molecule has 6 nitrogen and oxygen atoms in total. The summed E-state index contributed by atoms with van der Waals surface area (Å²) in [5.41, 5.74) is 0.186. The molecule has 2 atom stereocenters. The highest BCUT2D eigenvalue weighted by Crippen LogP contribution is 2.34. The molecule has 1 aromatic heterocycles. The quantitative estimate of drug-likeness (QED) is 0.767. The third-order valence-corrected chi connectivity index (χ3v) is 3.81. The van der Waals surface area contributed by atoms with Crippen molar-refractivity contribution >= 4 is 22.0 Å². The van der Waals surface area contributed by atoms with Crippen LogP contribution in [-0.2, 0) is 0 Å². The van der Waals surface area contributed by atoms with E-state index in [0.717, 1.165) is 4.90 Å². The van der Waals surface area contributed by atoms with Crippen LogP contribution in [0.4, 0.5) is 4.79 Å². The van der Waals surface area contributed by atoms with Crippen LogP contribution in [0.5, 0.6) is 0 Å². The first kappa shape index (κ1) is 13.1. The van der Waals surface area contributed by atoms with Crippen LogP contribution in [0.2, 0.25) is 0 Å². The number of aromatic amines is 1. The SMILES string of the molecule is O=C(O)N1[C@@H](CO)CC[C@H]1c1c[nH]cc(Br)c1=O. The average Bonchev–Trinajstić information content (AvgIpc) is 2.76. The first-order valence-electron chi connectivity index (χ1n) is 5.55. The predicted molar refractivity (Wildman–Crippen MR) is 67.5 cm³/mol. The molecule has 0 aromatic carbocycles. The summed E-state index contributed by atoms with van der Waals surface area (Å²) in [6.45, 7) is -0.227. The number of rotatable bonds is 2. The fourth-order valence-electron chi connectivity index (χ4n) is 2.38. The Morgan fingerprint density at radius 2 is 2.22 bits per heavy atom. The van der Waals surface area contributed by atoms with Crippen molar-refractivity contribution in [2.24, 2.45) is 0 Å². The number of carboxylic acid groups (broad SMARTS) is 1. The van der Waals surface area contributed by atoms with E-state index in [-0.39, 0.29) is 12.0 Å². The van der Waals surface area contributed by atoms with E-state index in [2.05, 4.69) is 20.9 Å². The van der Waals surface area contributed by atoms with E-state index in [4.69, 9.17) is 0 Å². The van der Waals surface area contributed by atoms with E-state index in [1.165, 1.54) is 12.4 Å². The van der Waals surface area contributed by atoms with E-state index >= 15 is 0 Å². The maximum Gasteiger partial charge on any atom is 0.408 e. The Balaban J connectivity index is 2.41. The minimum absolute atomic E-state index is 0.219. The van der Waals surface area contributed by atoms with Gasteiger partial charge in [0.1, 0.15) is 0 Å². The number of hydrogen-bond donors (Lipinski definition) is 3. The van der Waals surface area contributed by atoms with Gasteiger partial charge in [-0.15, -0.1) is 0 Å². The van der Waals surface area contributed by atoms with Gasteiger partial charge >= 0.3 is 6.09 Å². The van der Waals surface area contributed by atoms with E-state index in [9.17, 15) is 19.8 Å². The number of hydrogen-bond acceptors (Lipinski definition) is 3. The van der Waals surface area contributed by atoms with Crippen LogP contribution < -0.4 is 5.43 Å². The lowest BCUT2D eigenvalue weighted by molar-refractivity contribution is 0.0995. The highest BCUT2D eigenvalue weighted by atomic mass is 79.9. The van der Waals surface area contributed by atoms with Crippen LogP contribution in [0, 0.1) is 0 Å². The molecule has 1 aromatic rings. The number of nitrogens with one attached hydrogen (secondary N) is 1. The van der Waals surface area contributed by atoms with Gasteiger partial charge in [0.05, 0.1) is 23.2 Å². The number of H-pyrrole nitrogens is 1. The first-order valence-corrected chi connectivity index (χ1v) is 6.34. The Morgan fingerprint density at radius 3 is 2.83 bits per heavy atom. The van der Waals surface area contributed by atoms with Gasteiger partial charge in [-0.3, -0.25) is 9.69 Å². The summed E-state index contributed by atoms with van der Waals surface area (Å²) in [5, 5.41) is 18.4. The molecule has 7 heteroatoms. The second kappa shape index (κ2) is 5.11. The molecule has 0 unspecified atom stereocenters. The minimum atomic E-state index is -1.11. The molecular weight excluding hydrogens is 304 g/mol. The van der Waals surface area contributed by atoms with Gasteiger partial charge in [-0.1, -0.05) is 0 Å². The molecule has 1 aliphatic rings. The molecule has 3 N–H and O–H groups in total. The van der Waals surface area contributed by atoms with Gasteiger partial charge in [0.15, 0.2) is 0 Å². The Hall–Kier alpha value is -1.34. The second-order valence-electron chi connectivity index (χ2n) is 4.21. The Bertz CT molecular complexity index is 516. The topological polar surface area (TPSA) is 93.6 Å². The van der Waals surface area contributed by atoms with Crippen LogP contribution in [0.25, 0.3) is 0 Å². The number of aromatic nitrogens is 1. The number of aliphatic hydroxyl groups is 1. The Labute approximate surface area is 111 Å². The van der Waals surface area contributed by atoms with Crippen molar-refractivity contribution < 1.29 is 15.0 Å². The van der Waals surface area contributed by atoms with E-state index in [1.54, 1.807) is 0 Å². The lowest BCUT2D eigenvalue weighted by atomic mass is 10.1. The summed E-state index contributed by atoms with van der Waals surface area (Å²) in [6, 6.07) is -0.938. The smallest absolute Gasteiger partial charge is 0.408 e. The Kier molecular flexibility index (Phi) is 3.72. The number of aliphatic hydroxyl groups excluding tert-OH is 1. The molecular formula is C11H13BrN2O4. The van der Waals surface area contributed by atoms with Gasteiger partial charge in [0.2, 0.25) is 5.43 Å². The van der Waals surface area contributed by atoms with Crippen molar-refractivity contribution in [1.82, 2.24) is 9.88 Å². The van der Waals surface area contributed by atoms with Gasteiger partial charge in [-0.05, 0) is 28.8 Å². The normalized spacial score (nSPS) is 23.3. The maximum absolute atomic E-state index is 12.0.